The molecule has 0 aliphatic carbocycles. The van der Waals surface area contributed by atoms with Crippen LogP contribution in [0.25, 0.3) is 0 Å². The van der Waals surface area contributed by atoms with Gasteiger partial charge < -0.3 is 10.2 Å². The molecule has 0 aromatic carbocycles. The van der Waals surface area contributed by atoms with E-state index < -0.39 is 0 Å². The van der Waals surface area contributed by atoms with Crippen molar-refractivity contribution in [2.75, 3.05) is 31.1 Å². The van der Waals surface area contributed by atoms with Gasteiger partial charge in [-0.25, -0.2) is 0 Å². The second-order valence-corrected chi connectivity index (χ2v) is 3.27. The summed E-state index contributed by atoms with van der Waals surface area (Å²) in [4.78, 5) is 2.26. The number of hydrogen-bond donors (Lipinski definition) is 1. The van der Waals surface area contributed by atoms with E-state index in [4.69, 9.17) is 0 Å². The van der Waals surface area contributed by atoms with Crippen LogP contribution in [-0.2, 0) is 0 Å². The summed E-state index contributed by atoms with van der Waals surface area (Å²) in [5.74, 6) is 0. The Hall–Kier alpha value is -0.680. The van der Waals surface area contributed by atoms with Crippen LogP contribution in [0.4, 0.5) is 5.13 Å². The first-order chi connectivity index (χ1) is 5.47. The minimum atomic E-state index is 1.05. The summed E-state index contributed by atoms with van der Waals surface area (Å²) in [5.41, 5.74) is 1.78. The maximum Gasteiger partial charge on any atom is 0.208 e. The normalized spacial score (nSPS) is 18.7. The molecule has 60 valence electrons. The molecule has 0 radical (unpaired) electrons. The van der Waals surface area contributed by atoms with Crippen molar-refractivity contribution >= 4 is 16.5 Å². The molecule has 2 heterocycles. The molecule has 1 aliphatic rings. The molecule has 0 atom stereocenters. The van der Waals surface area contributed by atoms with Crippen LogP contribution in [-0.4, -0.2) is 36.4 Å². The lowest BCUT2D eigenvalue weighted by Crippen LogP contribution is -2.43. The molecule has 0 bridgehead atoms. The standard InChI is InChI=1S/C6H10N4S/c1-3-10(4-2-7-1)6-9-8-5-11-6/h5,7H,1-4H2. The van der Waals surface area contributed by atoms with Gasteiger partial charge in [0.25, 0.3) is 0 Å². The van der Waals surface area contributed by atoms with Crippen molar-refractivity contribution in [2.24, 2.45) is 0 Å². The zero-order valence-corrected chi connectivity index (χ0v) is 6.97. The third kappa shape index (κ3) is 1.49. The van der Waals surface area contributed by atoms with E-state index in [-0.39, 0.29) is 0 Å². The molecule has 11 heavy (non-hydrogen) atoms. The van der Waals surface area contributed by atoms with Crippen molar-refractivity contribution in [1.82, 2.24) is 15.5 Å². The lowest BCUT2D eigenvalue weighted by Gasteiger charge is -2.26. The average molecular weight is 170 g/mol. The molecular formula is C6H10N4S. The van der Waals surface area contributed by atoms with E-state index in [0.717, 1.165) is 31.3 Å². The zero-order valence-electron chi connectivity index (χ0n) is 6.16. The molecule has 2 rings (SSSR count). The Morgan fingerprint density at radius 1 is 1.45 bits per heavy atom. The molecule has 4 nitrogen and oxygen atoms in total. The van der Waals surface area contributed by atoms with Gasteiger partial charge in [0.05, 0.1) is 0 Å². The van der Waals surface area contributed by atoms with E-state index in [1.807, 2.05) is 0 Å². The van der Waals surface area contributed by atoms with Gasteiger partial charge in [-0.15, -0.1) is 10.2 Å². The predicted molar refractivity (Wildman–Crippen MR) is 45.0 cm³/mol. The largest absolute Gasteiger partial charge is 0.344 e. The fourth-order valence-electron chi connectivity index (χ4n) is 1.16. The molecule has 1 N–H and O–H groups in total. The second kappa shape index (κ2) is 3.15. The highest BCUT2D eigenvalue weighted by atomic mass is 32.1. The number of nitrogens with one attached hydrogen (secondary N) is 1. The highest BCUT2D eigenvalue weighted by Gasteiger charge is 2.11. The van der Waals surface area contributed by atoms with E-state index in [1.54, 1.807) is 16.8 Å². The van der Waals surface area contributed by atoms with Crippen molar-refractivity contribution in [3.63, 3.8) is 0 Å². The zero-order chi connectivity index (χ0) is 7.52. The minimum Gasteiger partial charge on any atom is -0.344 e. The predicted octanol–water partition coefficient (Wildman–Crippen LogP) is -0.0523. The monoisotopic (exact) mass is 170 g/mol. The van der Waals surface area contributed by atoms with Gasteiger partial charge in [-0.2, -0.15) is 0 Å². The quantitative estimate of drug-likeness (QED) is 0.641. The minimum absolute atomic E-state index is 1.05. The van der Waals surface area contributed by atoms with Gasteiger partial charge in [-0.3, -0.25) is 0 Å². The van der Waals surface area contributed by atoms with Crippen molar-refractivity contribution in [3.05, 3.63) is 5.51 Å². The van der Waals surface area contributed by atoms with Crippen molar-refractivity contribution in [3.8, 4) is 0 Å². The molecule has 1 aromatic heterocycles. The fourth-order valence-corrected chi connectivity index (χ4v) is 1.78. The first-order valence-corrected chi connectivity index (χ1v) is 4.56. The lowest BCUT2D eigenvalue weighted by molar-refractivity contribution is 0.587. The summed E-state index contributed by atoms with van der Waals surface area (Å²) in [6.45, 7) is 4.21. The van der Waals surface area contributed by atoms with Gasteiger partial charge in [0.2, 0.25) is 5.13 Å². The number of rotatable bonds is 1. The van der Waals surface area contributed by atoms with Gasteiger partial charge in [0.1, 0.15) is 5.51 Å². The summed E-state index contributed by atoms with van der Waals surface area (Å²) in [7, 11) is 0. The first kappa shape index (κ1) is 7.00. The summed E-state index contributed by atoms with van der Waals surface area (Å²) in [6.07, 6.45) is 0. The van der Waals surface area contributed by atoms with Gasteiger partial charge in [-0.1, -0.05) is 11.3 Å². The highest BCUT2D eigenvalue weighted by Crippen LogP contribution is 2.15. The Morgan fingerprint density at radius 2 is 2.27 bits per heavy atom. The van der Waals surface area contributed by atoms with Crippen LogP contribution in [0.3, 0.4) is 0 Å². The van der Waals surface area contributed by atoms with Gasteiger partial charge in [0, 0.05) is 26.2 Å². The second-order valence-electron chi connectivity index (χ2n) is 2.46. The Balaban J connectivity index is 2.04. The molecule has 0 amide bonds. The highest BCUT2D eigenvalue weighted by molar-refractivity contribution is 7.13. The fraction of sp³-hybridized carbons (Fsp3) is 0.667. The van der Waals surface area contributed by atoms with E-state index in [0.29, 0.717) is 0 Å². The van der Waals surface area contributed by atoms with E-state index in [9.17, 15) is 0 Å². The third-order valence-corrected chi connectivity index (χ3v) is 2.49. The van der Waals surface area contributed by atoms with Crippen LogP contribution in [0, 0.1) is 0 Å². The third-order valence-electron chi connectivity index (χ3n) is 1.74. The Morgan fingerprint density at radius 3 is 2.91 bits per heavy atom. The first-order valence-electron chi connectivity index (χ1n) is 3.68. The van der Waals surface area contributed by atoms with Crippen molar-refractivity contribution < 1.29 is 0 Å². The topological polar surface area (TPSA) is 41.1 Å². The maximum absolute atomic E-state index is 4.01. The molecule has 5 heteroatoms. The van der Waals surface area contributed by atoms with Gasteiger partial charge in [0.15, 0.2) is 0 Å². The van der Waals surface area contributed by atoms with Crippen LogP contribution in [0.5, 0.6) is 0 Å². The summed E-state index contributed by atoms with van der Waals surface area (Å²) in [6, 6.07) is 0. The van der Waals surface area contributed by atoms with Crippen LogP contribution in [0.15, 0.2) is 5.51 Å². The van der Waals surface area contributed by atoms with Crippen LogP contribution in [0.2, 0.25) is 0 Å². The number of hydrogen-bond acceptors (Lipinski definition) is 5. The molecular weight excluding hydrogens is 160 g/mol. The summed E-state index contributed by atoms with van der Waals surface area (Å²) < 4.78 is 0. The number of nitrogens with zero attached hydrogens (tertiary/aromatic N) is 3. The van der Waals surface area contributed by atoms with E-state index in [2.05, 4.69) is 20.4 Å². The molecule has 1 aromatic rings. The smallest absolute Gasteiger partial charge is 0.208 e. The SMILES string of the molecule is c1nnc(N2CCNCC2)s1. The van der Waals surface area contributed by atoms with E-state index in [1.165, 1.54) is 0 Å². The van der Waals surface area contributed by atoms with Crippen LogP contribution < -0.4 is 10.2 Å². The van der Waals surface area contributed by atoms with Crippen LogP contribution in [0.1, 0.15) is 0 Å². The van der Waals surface area contributed by atoms with Gasteiger partial charge in [-0.05, 0) is 0 Å². The number of aromatic nitrogens is 2. The lowest BCUT2D eigenvalue weighted by atomic mass is 10.4. The molecule has 0 spiro atoms. The molecule has 0 saturated carbocycles. The summed E-state index contributed by atoms with van der Waals surface area (Å²) in [5, 5.41) is 12.1. The van der Waals surface area contributed by atoms with Crippen molar-refractivity contribution in [1.29, 1.82) is 0 Å². The molecule has 1 fully saturated rings. The maximum atomic E-state index is 4.01. The molecule has 1 saturated heterocycles. The Labute approximate surface area is 69.2 Å². The van der Waals surface area contributed by atoms with Crippen LogP contribution >= 0.6 is 11.3 Å². The van der Waals surface area contributed by atoms with E-state index >= 15 is 0 Å². The Kier molecular flexibility index (Phi) is 2.00. The molecule has 1 aliphatic heterocycles. The van der Waals surface area contributed by atoms with Crippen molar-refractivity contribution in [2.45, 2.75) is 0 Å². The average Bonchev–Trinajstić information content (AvgIpc) is 2.58. The molecule has 0 unspecified atom stereocenters. The van der Waals surface area contributed by atoms with Gasteiger partial charge >= 0.3 is 0 Å². The number of anilines is 1. The number of piperazine rings is 1. The Bertz CT molecular complexity index is 204. The summed E-state index contributed by atoms with van der Waals surface area (Å²) >= 11 is 1.61.